The summed E-state index contributed by atoms with van der Waals surface area (Å²) >= 11 is 0. The van der Waals surface area contributed by atoms with Gasteiger partial charge < -0.3 is 5.73 Å². The first-order chi connectivity index (χ1) is 7.63. The molecule has 0 aliphatic rings. The van der Waals surface area contributed by atoms with Crippen LogP contribution in [0.4, 0.5) is 0 Å². The van der Waals surface area contributed by atoms with E-state index in [9.17, 15) is 0 Å². The Labute approximate surface area is 97.7 Å². The summed E-state index contributed by atoms with van der Waals surface area (Å²) < 4.78 is 0. The van der Waals surface area contributed by atoms with Gasteiger partial charge >= 0.3 is 0 Å². The number of nitrogens with zero attached hydrogens (tertiary/aromatic N) is 2. The maximum Gasteiger partial charge on any atom is 0.0985 e. The molecule has 0 rings (SSSR count). The molecule has 0 aliphatic heterocycles. The Morgan fingerprint density at radius 2 is 2.25 bits per heavy atom. The van der Waals surface area contributed by atoms with E-state index in [-0.39, 0.29) is 0 Å². The van der Waals surface area contributed by atoms with E-state index in [2.05, 4.69) is 25.1 Å². The minimum absolute atomic E-state index is 0.400. The zero-order valence-corrected chi connectivity index (χ0v) is 9.87. The average Bonchev–Trinajstić information content (AvgIpc) is 2.31. The molecule has 0 radical (unpaired) electrons. The fraction of sp³-hybridized carbons (Fsp3) is 0.385. The summed E-state index contributed by atoms with van der Waals surface area (Å²) in [5.74, 6) is 0.650. The van der Waals surface area contributed by atoms with E-state index < -0.39 is 0 Å². The molecule has 0 saturated carbocycles. The molecule has 0 unspecified atom stereocenters. The number of unbranched alkanes of at least 4 members (excludes halogenated alkanes) is 1. The van der Waals surface area contributed by atoms with Gasteiger partial charge in [0.1, 0.15) is 0 Å². The van der Waals surface area contributed by atoms with Gasteiger partial charge in [0.15, 0.2) is 0 Å². The van der Waals surface area contributed by atoms with E-state index in [0.717, 1.165) is 24.8 Å². The Hall–Kier alpha value is -1.82. The van der Waals surface area contributed by atoms with Crippen molar-refractivity contribution < 1.29 is 0 Å². The fourth-order valence-corrected chi connectivity index (χ4v) is 1.05. The van der Waals surface area contributed by atoms with Crippen LogP contribution < -0.4 is 5.73 Å². The lowest BCUT2D eigenvalue weighted by Gasteiger charge is -2.00. The molecule has 0 bridgehead atoms. The van der Waals surface area contributed by atoms with Gasteiger partial charge in [-0.2, -0.15) is 5.26 Å². The molecule has 0 aromatic carbocycles. The fourth-order valence-electron chi connectivity index (χ4n) is 1.05. The Kier molecular flexibility index (Phi) is 7.52. The smallest absolute Gasteiger partial charge is 0.0985 e. The van der Waals surface area contributed by atoms with Crippen molar-refractivity contribution in [3.8, 4) is 6.07 Å². The molecule has 86 valence electrons. The van der Waals surface area contributed by atoms with Crippen LogP contribution in [0.5, 0.6) is 0 Å². The molecule has 0 fully saturated rings. The average molecular weight is 217 g/mol. The van der Waals surface area contributed by atoms with Gasteiger partial charge in [-0.3, -0.25) is 4.99 Å². The maximum absolute atomic E-state index is 8.58. The van der Waals surface area contributed by atoms with Crippen molar-refractivity contribution in [2.45, 2.75) is 26.2 Å². The Morgan fingerprint density at radius 1 is 1.56 bits per heavy atom. The molecule has 0 aromatic rings. The number of rotatable bonds is 7. The molecule has 0 spiro atoms. The number of hydrogen-bond acceptors (Lipinski definition) is 2. The second-order valence-corrected chi connectivity index (χ2v) is 3.47. The SMILES string of the molecule is C=C/C(=C\C(=C)C#N)CN=C(N)CCCC. The van der Waals surface area contributed by atoms with Gasteiger partial charge in [-0.05, 0) is 18.1 Å². The molecule has 0 atom stereocenters. The number of nitrogens with two attached hydrogens (primary N) is 1. The van der Waals surface area contributed by atoms with Crippen molar-refractivity contribution >= 4 is 5.84 Å². The molecule has 0 saturated heterocycles. The molecular weight excluding hydrogens is 198 g/mol. The van der Waals surface area contributed by atoms with E-state index in [0.29, 0.717) is 18.0 Å². The molecule has 3 heteroatoms. The van der Waals surface area contributed by atoms with Crippen LogP contribution in [-0.4, -0.2) is 12.4 Å². The largest absolute Gasteiger partial charge is 0.387 e. The van der Waals surface area contributed by atoms with Gasteiger partial charge in [0.25, 0.3) is 0 Å². The number of allylic oxidation sites excluding steroid dienone is 2. The number of hydrogen-bond donors (Lipinski definition) is 1. The monoisotopic (exact) mass is 217 g/mol. The first kappa shape index (κ1) is 14.2. The van der Waals surface area contributed by atoms with Gasteiger partial charge in [0.2, 0.25) is 0 Å². The molecular formula is C13H19N3. The maximum atomic E-state index is 8.58. The standard InChI is InChI=1S/C13H19N3/c1-4-6-7-13(15)16-10-12(5-2)8-11(3)9-14/h5,8H,2-4,6-7,10H2,1H3,(H2,15,16)/b12-8+. The van der Waals surface area contributed by atoms with Crippen LogP contribution in [0.1, 0.15) is 26.2 Å². The highest BCUT2D eigenvalue weighted by Gasteiger charge is 1.95. The van der Waals surface area contributed by atoms with Gasteiger partial charge in [-0.1, -0.05) is 32.6 Å². The summed E-state index contributed by atoms with van der Waals surface area (Å²) in [6.07, 6.45) is 6.31. The molecule has 2 N–H and O–H groups in total. The molecule has 3 nitrogen and oxygen atoms in total. The highest BCUT2D eigenvalue weighted by molar-refractivity contribution is 5.80. The third kappa shape index (κ3) is 6.61. The Balaban J connectivity index is 4.35. The van der Waals surface area contributed by atoms with Crippen LogP contribution in [0.3, 0.4) is 0 Å². The minimum atomic E-state index is 0.400. The Morgan fingerprint density at radius 3 is 2.75 bits per heavy atom. The van der Waals surface area contributed by atoms with Crippen LogP contribution >= 0.6 is 0 Å². The lowest BCUT2D eigenvalue weighted by molar-refractivity contribution is 0.828. The molecule has 16 heavy (non-hydrogen) atoms. The molecule has 0 aromatic heterocycles. The quantitative estimate of drug-likeness (QED) is 0.308. The summed E-state index contributed by atoms with van der Waals surface area (Å²) in [4.78, 5) is 4.22. The van der Waals surface area contributed by atoms with Gasteiger partial charge in [0, 0.05) is 12.0 Å². The van der Waals surface area contributed by atoms with E-state index >= 15 is 0 Å². The number of amidine groups is 1. The molecule has 0 amide bonds. The number of aliphatic imine (C=N–C) groups is 1. The van der Waals surface area contributed by atoms with Crippen molar-refractivity contribution in [1.29, 1.82) is 5.26 Å². The molecule has 0 heterocycles. The summed E-state index contributed by atoms with van der Waals surface area (Å²) in [6.45, 7) is 9.80. The highest BCUT2D eigenvalue weighted by atomic mass is 14.8. The van der Waals surface area contributed by atoms with Crippen LogP contribution in [0.25, 0.3) is 0 Å². The van der Waals surface area contributed by atoms with Crippen molar-refractivity contribution in [1.82, 2.24) is 0 Å². The van der Waals surface area contributed by atoms with Gasteiger partial charge in [0.05, 0.1) is 18.4 Å². The van der Waals surface area contributed by atoms with E-state index in [1.54, 1.807) is 12.2 Å². The third-order valence-electron chi connectivity index (χ3n) is 2.02. The van der Waals surface area contributed by atoms with Crippen LogP contribution in [0.2, 0.25) is 0 Å². The van der Waals surface area contributed by atoms with Crippen molar-refractivity contribution in [2.75, 3.05) is 6.54 Å². The predicted octanol–water partition coefficient (Wildman–Crippen LogP) is 2.73. The summed E-state index contributed by atoms with van der Waals surface area (Å²) in [5.41, 5.74) is 6.98. The topological polar surface area (TPSA) is 62.2 Å². The highest BCUT2D eigenvalue weighted by Crippen LogP contribution is 2.03. The number of nitriles is 1. The van der Waals surface area contributed by atoms with E-state index in [1.165, 1.54) is 0 Å². The zero-order chi connectivity index (χ0) is 12.4. The van der Waals surface area contributed by atoms with Gasteiger partial charge in [-0.25, -0.2) is 0 Å². The predicted molar refractivity (Wildman–Crippen MR) is 69.0 cm³/mol. The van der Waals surface area contributed by atoms with Gasteiger partial charge in [-0.15, -0.1) is 0 Å². The lowest BCUT2D eigenvalue weighted by Crippen LogP contribution is -2.12. The Bertz CT molecular complexity index is 343. The van der Waals surface area contributed by atoms with Crippen molar-refractivity contribution in [2.24, 2.45) is 10.7 Å². The third-order valence-corrected chi connectivity index (χ3v) is 2.02. The van der Waals surface area contributed by atoms with Crippen LogP contribution in [0.15, 0.2) is 41.4 Å². The minimum Gasteiger partial charge on any atom is -0.387 e. The molecule has 0 aliphatic carbocycles. The normalized spacial score (nSPS) is 12.0. The summed E-state index contributed by atoms with van der Waals surface area (Å²) in [7, 11) is 0. The van der Waals surface area contributed by atoms with Crippen LogP contribution in [0, 0.1) is 11.3 Å². The van der Waals surface area contributed by atoms with Crippen molar-refractivity contribution in [3.63, 3.8) is 0 Å². The van der Waals surface area contributed by atoms with E-state index in [1.807, 2.05) is 6.07 Å². The lowest BCUT2D eigenvalue weighted by atomic mass is 10.2. The van der Waals surface area contributed by atoms with Crippen molar-refractivity contribution in [3.05, 3.63) is 36.5 Å². The first-order valence-corrected chi connectivity index (χ1v) is 5.34. The van der Waals surface area contributed by atoms with E-state index in [4.69, 9.17) is 11.0 Å². The second kappa shape index (κ2) is 8.49. The second-order valence-electron chi connectivity index (χ2n) is 3.47. The van der Waals surface area contributed by atoms with Crippen LogP contribution in [-0.2, 0) is 0 Å². The zero-order valence-electron chi connectivity index (χ0n) is 9.87. The first-order valence-electron chi connectivity index (χ1n) is 5.34. The summed E-state index contributed by atoms with van der Waals surface area (Å²) in [5, 5.41) is 8.58. The summed E-state index contributed by atoms with van der Waals surface area (Å²) in [6, 6.07) is 1.95.